The molecule has 0 aliphatic rings. The molecular formula is C43H73Cl2NO. The first kappa shape index (κ1) is 43.8. The fourth-order valence-electron chi connectivity index (χ4n) is 6.25. The van der Waals surface area contributed by atoms with Gasteiger partial charge in [-0.3, -0.25) is 9.69 Å². The van der Waals surface area contributed by atoms with Crippen molar-refractivity contribution < 1.29 is 4.79 Å². The van der Waals surface area contributed by atoms with Crippen LogP contribution in [0.3, 0.4) is 0 Å². The van der Waals surface area contributed by atoms with E-state index in [1.165, 1.54) is 180 Å². The molecule has 0 radical (unpaired) electrons. The number of unbranched alkanes of at least 4 members (excludes halogenated alkanes) is 28. The van der Waals surface area contributed by atoms with E-state index in [0.717, 1.165) is 12.8 Å². The van der Waals surface area contributed by atoms with Crippen LogP contribution in [0.25, 0.3) is 0 Å². The lowest BCUT2D eigenvalue weighted by Crippen LogP contribution is -2.20. The summed E-state index contributed by atoms with van der Waals surface area (Å²) < 4.78 is 0. The zero-order chi connectivity index (χ0) is 34.0. The highest BCUT2D eigenvalue weighted by molar-refractivity contribution is 6.42. The summed E-state index contributed by atoms with van der Waals surface area (Å²) >= 11 is 12.3. The van der Waals surface area contributed by atoms with E-state index < -0.39 is 0 Å². The average Bonchev–Trinajstić information content (AvgIpc) is 3.07. The molecule has 1 aromatic rings. The molecule has 0 saturated carbocycles. The Morgan fingerprint density at radius 2 is 0.809 bits per heavy atom. The Morgan fingerprint density at radius 1 is 0.489 bits per heavy atom. The van der Waals surface area contributed by atoms with E-state index in [0.29, 0.717) is 15.6 Å². The molecule has 270 valence electrons. The molecule has 1 rings (SSSR count). The van der Waals surface area contributed by atoms with E-state index in [9.17, 15) is 4.79 Å². The fourth-order valence-corrected chi connectivity index (χ4v) is 6.55. The molecular weight excluding hydrogens is 617 g/mol. The molecule has 1 aromatic carbocycles. The van der Waals surface area contributed by atoms with Crippen LogP contribution in [-0.4, -0.2) is 10.8 Å². The van der Waals surface area contributed by atoms with Crippen molar-refractivity contribution in [2.75, 3.05) is 0 Å². The van der Waals surface area contributed by atoms with Crippen molar-refractivity contribution in [3.8, 4) is 0 Å². The van der Waals surface area contributed by atoms with E-state index in [1.54, 1.807) is 23.1 Å². The van der Waals surface area contributed by atoms with Crippen molar-refractivity contribution in [2.45, 2.75) is 206 Å². The first-order chi connectivity index (χ1) is 23.1. The van der Waals surface area contributed by atoms with Crippen LogP contribution in [0.15, 0.2) is 42.8 Å². The molecule has 0 spiro atoms. The molecule has 0 N–H and O–H groups in total. The lowest BCUT2D eigenvalue weighted by atomic mass is 10.0. The first-order valence-corrected chi connectivity index (χ1v) is 21.0. The summed E-state index contributed by atoms with van der Waals surface area (Å²) in [5, 5.41) is 0.881. The summed E-state index contributed by atoms with van der Waals surface area (Å²) in [4.78, 5) is 15.0. The van der Waals surface area contributed by atoms with Gasteiger partial charge in [0.1, 0.15) is 0 Å². The quantitative estimate of drug-likeness (QED) is 0.0672. The van der Waals surface area contributed by atoms with E-state index >= 15 is 0 Å². The first-order valence-electron chi connectivity index (χ1n) is 20.2. The monoisotopic (exact) mass is 690 g/mol. The van der Waals surface area contributed by atoms with Crippen molar-refractivity contribution in [2.24, 2.45) is 0 Å². The molecule has 0 aliphatic carbocycles. The normalized spacial score (nSPS) is 11.7. The molecule has 0 saturated heterocycles. The van der Waals surface area contributed by atoms with Crippen LogP contribution in [0.4, 0.5) is 0 Å². The molecule has 1 amide bonds. The van der Waals surface area contributed by atoms with Crippen molar-refractivity contribution in [1.82, 2.24) is 4.90 Å². The van der Waals surface area contributed by atoms with Gasteiger partial charge in [-0.15, -0.1) is 0 Å². The Bertz CT molecular complexity index is 869. The maximum Gasteiger partial charge on any atom is 0.261 e. The van der Waals surface area contributed by atoms with E-state index in [1.807, 2.05) is 12.4 Å². The molecule has 0 unspecified atom stereocenters. The summed E-state index contributed by atoms with van der Waals surface area (Å²) in [6, 6.07) is 5.13. The van der Waals surface area contributed by atoms with Crippen molar-refractivity contribution in [3.05, 3.63) is 58.4 Å². The average molecular weight is 691 g/mol. The number of carbonyl (C=O) groups is 1. The van der Waals surface area contributed by atoms with Crippen LogP contribution >= 0.6 is 23.2 Å². The summed E-state index contributed by atoms with van der Waals surface area (Å²) in [6.45, 7) is 4.57. The van der Waals surface area contributed by atoms with Gasteiger partial charge in [-0.05, 0) is 43.9 Å². The molecule has 0 atom stereocenters. The van der Waals surface area contributed by atoms with Gasteiger partial charge in [0.25, 0.3) is 5.91 Å². The lowest BCUT2D eigenvalue weighted by molar-refractivity contribution is 0.0869. The van der Waals surface area contributed by atoms with Crippen molar-refractivity contribution in [1.29, 1.82) is 0 Å². The predicted octanol–water partition coefficient (Wildman–Crippen LogP) is 16.2. The molecule has 0 aromatic heterocycles. The summed E-state index contributed by atoms with van der Waals surface area (Å²) in [7, 11) is 0. The summed E-state index contributed by atoms with van der Waals surface area (Å²) in [6.07, 6.45) is 48.5. The summed E-state index contributed by atoms with van der Waals surface area (Å²) in [5.41, 5.74) is 0.557. The SMILES string of the molecule is CCCCCCCCCCCCCCCCC=CN(C=CCCCCCCCCCCCCCCCC)C(=O)c1ccc(Cl)c(Cl)c1. The topological polar surface area (TPSA) is 20.3 Å². The number of benzene rings is 1. The van der Waals surface area contributed by atoms with Crippen LogP contribution in [-0.2, 0) is 0 Å². The third-order valence-electron chi connectivity index (χ3n) is 9.38. The molecule has 0 aliphatic heterocycles. The van der Waals surface area contributed by atoms with Crippen molar-refractivity contribution >= 4 is 29.1 Å². The lowest BCUT2D eigenvalue weighted by Gasteiger charge is -2.14. The minimum atomic E-state index is -0.0713. The highest BCUT2D eigenvalue weighted by Crippen LogP contribution is 2.24. The van der Waals surface area contributed by atoms with Crippen molar-refractivity contribution in [3.63, 3.8) is 0 Å². The Hall–Kier alpha value is -1.25. The highest BCUT2D eigenvalue weighted by atomic mass is 35.5. The van der Waals surface area contributed by atoms with Gasteiger partial charge in [-0.2, -0.15) is 0 Å². The number of carbonyl (C=O) groups excluding carboxylic acids is 1. The molecule has 0 bridgehead atoms. The smallest absolute Gasteiger partial charge is 0.261 e. The number of allylic oxidation sites excluding steroid dienone is 2. The molecule has 4 heteroatoms. The highest BCUT2D eigenvalue weighted by Gasteiger charge is 2.13. The van der Waals surface area contributed by atoms with Gasteiger partial charge in [0.15, 0.2) is 0 Å². The zero-order valence-electron chi connectivity index (χ0n) is 30.9. The van der Waals surface area contributed by atoms with Gasteiger partial charge in [0.05, 0.1) is 10.0 Å². The zero-order valence-corrected chi connectivity index (χ0v) is 32.4. The minimum Gasteiger partial charge on any atom is -0.291 e. The van der Waals surface area contributed by atoms with E-state index in [4.69, 9.17) is 23.2 Å². The van der Waals surface area contributed by atoms with E-state index in [-0.39, 0.29) is 5.91 Å². The van der Waals surface area contributed by atoms with Crippen LogP contribution in [0.5, 0.6) is 0 Å². The number of halogens is 2. The standard InChI is InChI=1S/C43H73Cl2NO/c1-3-5-7-9-11-13-15-17-19-21-23-25-27-29-31-33-37-46(43(47)40-35-36-41(44)42(45)39-40)38-34-32-30-28-26-24-22-20-18-16-14-12-10-8-6-4-2/h33-39H,3-32H2,1-2H3. The molecule has 0 fully saturated rings. The molecule has 47 heavy (non-hydrogen) atoms. The van der Waals surface area contributed by atoms with E-state index in [2.05, 4.69) is 26.0 Å². The predicted molar refractivity (Wildman–Crippen MR) is 211 cm³/mol. The Balaban J connectivity index is 2.25. The van der Waals surface area contributed by atoms with Crippen LogP contribution in [0, 0.1) is 0 Å². The minimum absolute atomic E-state index is 0.0713. The Morgan fingerprint density at radius 3 is 1.13 bits per heavy atom. The van der Waals surface area contributed by atoms with Crippen LogP contribution < -0.4 is 0 Å². The second-order valence-electron chi connectivity index (χ2n) is 13.9. The largest absolute Gasteiger partial charge is 0.291 e. The van der Waals surface area contributed by atoms with Gasteiger partial charge in [-0.1, -0.05) is 216 Å². The van der Waals surface area contributed by atoms with Gasteiger partial charge in [0, 0.05) is 18.0 Å². The second kappa shape index (κ2) is 33.3. The Labute approximate surface area is 302 Å². The summed E-state index contributed by atoms with van der Waals surface area (Å²) in [5.74, 6) is -0.0713. The number of nitrogens with zero attached hydrogens (tertiary/aromatic N) is 1. The second-order valence-corrected chi connectivity index (χ2v) is 14.7. The fraction of sp³-hybridized carbons (Fsp3) is 0.744. The number of hydrogen-bond donors (Lipinski definition) is 0. The third kappa shape index (κ3) is 26.3. The number of hydrogen-bond acceptors (Lipinski definition) is 1. The maximum atomic E-state index is 13.3. The van der Waals surface area contributed by atoms with Gasteiger partial charge in [-0.25, -0.2) is 0 Å². The van der Waals surface area contributed by atoms with Crippen LogP contribution in [0.2, 0.25) is 10.0 Å². The molecule has 0 heterocycles. The third-order valence-corrected chi connectivity index (χ3v) is 10.1. The van der Waals surface area contributed by atoms with Gasteiger partial charge < -0.3 is 0 Å². The number of amides is 1. The Kier molecular flexibility index (Phi) is 31.0. The number of rotatable bonds is 33. The van der Waals surface area contributed by atoms with Gasteiger partial charge in [0.2, 0.25) is 0 Å². The van der Waals surface area contributed by atoms with Gasteiger partial charge >= 0.3 is 0 Å². The molecule has 2 nitrogen and oxygen atoms in total. The maximum absolute atomic E-state index is 13.3. The van der Waals surface area contributed by atoms with Crippen LogP contribution in [0.1, 0.15) is 217 Å².